The second-order valence-corrected chi connectivity index (χ2v) is 3.86. The summed E-state index contributed by atoms with van der Waals surface area (Å²) in [6.45, 7) is 1.38. The summed E-state index contributed by atoms with van der Waals surface area (Å²) in [4.78, 5) is 25.7. The predicted octanol–water partition coefficient (Wildman–Crippen LogP) is 2.62. The molecule has 1 heterocycles. The highest BCUT2D eigenvalue weighted by molar-refractivity contribution is 5.94. The molecule has 0 aliphatic carbocycles. The van der Waals surface area contributed by atoms with Gasteiger partial charge in [0.25, 0.3) is 5.69 Å². The van der Waals surface area contributed by atoms with Gasteiger partial charge in [-0.05, 0) is 12.1 Å². The Bertz CT molecular complexity index is 641. The maximum Gasteiger partial charge on any atom is 0.295 e. The van der Waals surface area contributed by atoms with Crippen molar-refractivity contribution >= 4 is 17.3 Å². The molecule has 0 unspecified atom stereocenters. The maximum absolute atomic E-state index is 11.2. The molecule has 0 saturated carbocycles. The smallest absolute Gasteiger partial charge is 0.295 e. The van der Waals surface area contributed by atoms with Gasteiger partial charge in [-0.1, -0.05) is 18.2 Å². The van der Waals surface area contributed by atoms with Crippen LogP contribution in [0.25, 0.3) is 11.3 Å². The second-order valence-electron chi connectivity index (χ2n) is 3.86. The Hall–Kier alpha value is -2.76. The fourth-order valence-electron chi connectivity index (χ4n) is 1.74. The van der Waals surface area contributed by atoms with Crippen LogP contribution in [0.15, 0.2) is 42.6 Å². The first kappa shape index (κ1) is 12.7. The number of hydrogen-bond donors (Lipinski definition) is 1. The predicted molar refractivity (Wildman–Crippen MR) is 70.6 cm³/mol. The molecule has 96 valence electrons. The highest BCUT2D eigenvalue weighted by Crippen LogP contribution is 2.32. The molecule has 1 aromatic heterocycles. The summed E-state index contributed by atoms with van der Waals surface area (Å²) in [7, 11) is 0. The SMILES string of the molecule is CC(=O)Nc1ccccc1-c1ncccc1[N+](=O)[O-]. The molecule has 6 heteroatoms. The summed E-state index contributed by atoms with van der Waals surface area (Å²) in [6, 6.07) is 9.72. The topological polar surface area (TPSA) is 85.1 Å². The van der Waals surface area contributed by atoms with Crippen LogP contribution in [0.2, 0.25) is 0 Å². The van der Waals surface area contributed by atoms with Gasteiger partial charge in [-0.15, -0.1) is 0 Å². The van der Waals surface area contributed by atoms with Gasteiger partial charge in [0.2, 0.25) is 5.91 Å². The molecule has 1 aromatic carbocycles. The van der Waals surface area contributed by atoms with E-state index in [4.69, 9.17) is 0 Å². The van der Waals surface area contributed by atoms with Crippen molar-refractivity contribution in [3.8, 4) is 11.3 Å². The first-order valence-corrected chi connectivity index (χ1v) is 5.56. The molecule has 0 bridgehead atoms. The maximum atomic E-state index is 11.2. The van der Waals surface area contributed by atoms with Crippen LogP contribution < -0.4 is 5.32 Å². The van der Waals surface area contributed by atoms with Crippen molar-refractivity contribution < 1.29 is 9.72 Å². The van der Waals surface area contributed by atoms with Crippen LogP contribution in [0.5, 0.6) is 0 Å². The van der Waals surface area contributed by atoms with Crippen LogP contribution in [-0.2, 0) is 4.79 Å². The van der Waals surface area contributed by atoms with Crippen molar-refractivity contribution in [3.05, 3.63) is 52.7 Å². The van der Waals surface area contributed by atoms with Gasteiger partial charge in [0.05, 0.1) is 10.6 Å². The molecule has 0 aliphatic rings. The van der Waals surface area contributed by atoms with E-state index in [2.05, 4.69) is 10.3 Å². The number of carbonyl (C=O) groups is 1. The van der Waals surface area contributed by atoms with Crippen LogP contribution in [0.4, 0.5) is 11.4 Å². The summed E-state index contributed by atoms with van der Waals surface area (Å²) in [6.07, 6.45) is 1.48. The van der Waals surface area contributed by atoms with Crippen LogP contribution in [0.1, 0.15) is 6.92 Å². The molecule has 0 atom stereocenters. The van der Waals surface area contributed by atoms with E-state index < -0.39 is 4.92 Å². The number of para-hydroxylation sites is 1. The third-order valence-corrected chi connectivity index (χ3v) is 2.48. The highest BCUT2D eigenvalue weighted by atomic mass is 16.6. The number of nitrogens with one attached hydrogen (secondary N) is 1. The molecule has 2 rings (SSSR count). The van der Waals surface area contributed by atoms with E-state index in [-0.39, 0.29) is 17.3 Å². The fraction of sp³-hybridized carbons (Fsp3) is 0.0769. The largest absolute Gasteiger partial charge is 0.326 e. The Balaban J connectivity index is 2.59. The molecule has 0 spiro atoms. The fourth-order valence-corrected chi connectivity index (χ4v) is 1.74. The molecule has 0 aliphatic heterocycles. The third-order valence-electron chi connectivity index (χ3n) is 2.48. The lowest BCUT2D eigenvalue weighted by Gasteiger charge is -2.09. The summed E-state index contributed by atoms with van der Waals surface area (Å²) in [5.41, 5.74) is 1.15. The number of rotatable bonds is 3. The zero-order chi connectivity index (χ0) is 13.8. The Morgan fingerprint density at radius 2 is 2.00 bits per heavy atom. The van der Waals surface area contributed by atoms with Crippen molar-refractivity contribution in [1.82, 2.24) is 4.98 Å². The van der Waals surface area contributed by atoms with Gasteiger partial charge >= 0.3 is 0 Å². The van der Waals surface area contributed by atoms with Gasteiger partial charge in [0, 0.05) is 24.8 Å². The molecule has 2 aromatic rings. The summed E-state index contributed by atoms with van der Waals surface area (Å²) >= 11 is 0. The lowest BCUT2D eigenvalue weighted by molar-refractivity contribution is -0.384. The monoisotopic (exact) mass is 257 g/mol. The summed E-state index contributed by atoms with van der Waals surface area (Å²) in [5, 5.41) is 13.6. The Morgan fingerprint density at radius 1 is 1.26 bits per heavy atom. The molecule has 0 fully saturated rings. The normalized spacial score (nSPS) is 9.95. The zero-order valence-electron chi connectivity index (χ0n) is 10.2. The first-order chi connectivity index (χ1) is 9.09. The number of nitrogens with zero attached hydrogens (tertiary/aromatic N) is 2. The Labute approximate surface area is 109 Å². The Morgan fingerprint density at radius 3 is 2.68 bits per heavy atom. The lowest BCUT2D eigenvalue weighted by Crippen LogP contribution is -2.07. The molecule has 0 saturated heterocycles. The highest BCUT2D eigenvalue weighted by Gasteiger charge is 2.18. The van der Waals surface area contributed by atoms with Crippen molar-refractivity contribution in [3.63, 3.8) is 0 Å². The number of anilines is 1. The van der Waals surface area contributed by atoms with Gasteiger partial charge in [-0.25, -0.2) is 4.98 Å². The number of amides is 1. The summed E-state index contributed by atoms with van der Waals surface area (Å²) < 4.78 is 0. The lowest BCUT2D eigenvalue weighted by atomic mass is 10.1. The van der Waals surface area contributed by atoms with Crippen LogP contribution >= 0.6 is 0 Å². The molecule has 0 radical (unpaired) electrons. The molecule has 1 N–H and O–H groups in total. The van der Waals surface area contributed by atoms with Crippen molar-refractivity contribution in [2.24, 2.45) is 0 Å². The van der Waals surface area contributed by atoms with E-state index in [1.807, 2.05) is 0 Å². The minimum atomic E-state index is -0.493. The van der Waals surface area contributed by atoms with Crippen LogP contribution in [0, 0.1) is 10.1 Å². The standard InChI is InChI=1S/C13H11N3O3/c1-9(17)15-11-6-3-2-5-10(11)13-12(16(18)19)7-4-8-14-13/h2-8H,1H3,(H,15,17). The minimum absolute atomic E-state index is 0.0969. The van der Waals surface area contributed by atoms with Crippen LogP contribution in [0.3, 0.4) is 0 Å². The van der Waals surface area contributed by atoms with E-state index in [1.54, 1.807) is 24.3 Å². The number of hydrogen-bond acceptors (Lipinski definition) is 4. The minimum Gasteiger partial charge on any atom is -0.326 e. The second kappa shape index (κ2) is 5.26. The quantitative estimate of drug-likeness (QED) is 0.676. The van der Waals surface area contributed by atoms with E-state index in [9.17, 15) is 14.9 Å². The van der Waals surface area contributed by atoms with Gasteiger partial charge in [0.1, 0.15) is 5.69 Å². The van der Waals surface area contributed by atoms with E-state index >= 15 is 0 Å². The molecular weight excluding hydrogens is 246 g/mol. The average Bonchev–Trinajstić information content (AvgIpc) is 2.38. The Kier molecular flexibility index (Phi) is 3.51. The molecule has 19 heavy (non-hydrogen) atoms. The van der Waals surface area contributed by atoms with Crippen molar-refractivity contribution in [1.29, 1.82) is 0 Å². The first-order valence-electron chi connectivity index (χ1n) is 5.56. The zero-order valence-corrected chi connectivity index (χ0v) is 10.2. The number of benzene rings is 1. The molecule has 1 amide bonds. The number of carbonyl (C=O) groups excluding carboxylic acids is 1. The van der Waals surface area contributed by atoms with Gasteiger partial charge in [-0.3, -0.25) is 14.9 Å². The van der Waals surface area contributed by atoms with Crippen LogP contribution in [-0.4, -0.2) is 15.8 Å². The van der Waals surface area contributed by atoms with Gasteiger partial charge in [0.15, 0.2) is 0 Å². The number of nitro groups is 1. The third kappa shape index (κ3) is 2.74. The summed E-state index contributed by atoms with van der Waals surface area (Å²) in [5.74, 6) is -0.244. The van der Waals surface area contributed by atoms with E-state index in [0.29, 0.717) is 11.3 Å². The van der Waals surface area contributed by atoms with E-state index in [1.165, 1.54) is 25.3 Å². The molecule has 6 nitrogen and oxygen atoms in total. The van der Waals surface area contributed by atoms with Crippen molar-refractivity contribution in [2.45, 2.75) is 6.92 Å². The van der Waals surface area contributed by atoms with Crippen molar-refractivity contribution in [2.75, 3.05) is 5.32 Å². The number of aromatic nitrogens is 1. The number of pyridine rings is 1. The molecular formula is C13H11N3O3. The van der Waals surface area contributed by atoms with Gasteiger partial charge in [-0.2, -0.15) is 0 Å². The average molecular weight is 257 g/mol. The van der Waals surface area contributed by atoms with Gasteiger partial charge < -0.3 is 5.32 Å². The van der Waals surface area contributed by atoms with E-state index in [0.717, 1.165) is 0 Å².